The summed E-state index contributed by atoms with van der Waals surface area (Å²) >= 11 is 0. The number of benzene rings is 3. The maximum absolute atomic E-state index is 14.5. The van der Waals surface area contributed by atoms with Gasteiger partial charge in [0, 0.05) is 66.2 Å². The number of nitrogens with zero attached hydrogens (tertiary/aromatic N) is 4. The molecule has 212 valence electrons. The molecule has 41 heavy (non-hydrogen) atoms. The van der Waals surface area contributed by atoms with Crippen LogP contribution in [0.2, 0.25) is 0 Å². The molecule has 6 rings (SSSR count). The van der Waals surface area contributed by atoms with Crippen LogP contribution >= 0.6 is 0 Å². The molecule has 1 aromatic heterocycles. The van der Waals surface area contributed by atoms with Gasteiger partial charge in [0.1, 0.15) is 11.6 Å². The van der Waals surface area contributed by atoms with Gasteiger partial charge in [0.25, 0.3) is 5.91 Å². The first-order valence-electron chi connectivity index (χ1n) is 14.2. The molecule has 3 aromatic carbocycles. The van der Waals surface area contributed by atoms with Crippen LogP contribution in [0, 0.1) is 5.82 Å². The Balaban J connectivity index is 1.24. The van der Waals surface area contributed by atoms with Gasteiger partial charge in [-0.1, -0.05) is 24.3 Å². The number of carbonyl (C=O) groups is 1. The molecule has 3 heterocycles. The molecule has 4 aromatic rings. The Kier molecular flexibility index (Phi) is 7.69. The number of rotatable bonds is 6. The van der Waals surface area contributed by atoms with E-state index >= 15 is 0 Å². The van der Waals surface area contributed by atoms with Gasteiger partial charge in [-0.15, -0.1) is 0 Å². The molecule has 0 aliphatic carbocycles. The number of anilines is 3. The van der Waals surface area contributed by atoms with Gasteiger partial charge in [-0.2, -0.15) is 4.98 Å². The molecule has 2 aliphatic rings. The lowest BCUT2D eigenvalue weighted by molar-refractivity contribution is -0.00575. The summed E-state index contributed by atoms with van der Waals surface area (Å²) in [6.07, 6.45) is 5.18. The van der Waals surface area contributed by atoms with Crippen molar-refractivity contribution < 1.29 is 18.7 Å². The number of piperidine rings is 1. The molecule has 2 saturated heterocycles. The highest BCUT2D eigenvalue weighted by molar-refractivity contribution is 6.10. The number of hydrogen-bond donors (Lipinski definition) is 1. The van der Waals surface area contributed by atoms with Crippen molar-refractivity contribution in [1.82, 2.24) is 9.97 Å². The summed E-state index contributed by atoms with van der Waals surface area (Å²) in [5.41, 5.74) is 1.64. The van der Waals surface area contributed by atoms with Crippen molar-refractivity contribution in [1.29, 1.82) is 0 Å². The Morgan fingerprint density at radius 3 is 2.49 bits per heavy atom. The number of fused-ring (bicyclic) bond motifs is 1. The van der Waals surface area contributed by atoms with Crippen LogP contribution in [0.5, 0.6) is 11.6 Å². The predicted octanol–water partition coefficient (Wildman–Crippen LogP) is 6.42. The number of amides is 1. The summed E-state index contributed by atoms with van der Waals surface area (Å²) in [6.45, 7) is 7.23. The standard InChI is InChI=1S/C32H34FN5O3/c1-21-19-38(20-22(2)40-21)32-34-13-12-30(36-32)41-29-11-10-28(26-8-4-5-9-27(26)29)35-31(39)23-16-24(33)18-25(17-23)37-14-6-3-7-15-37/h4-5,8-13,16-18,21-22H,3,6-7,14-15,19-20H2,1-2H3,(H,35,39)/t21-,22?/m1/s1. The van der Waals surface area contributed by atoms with Gasteiger partial charge >= 0.3 is 0 Å². The third-order valence-corrected chi connectivity index (χ3v) is 7.53. The van der Waals surface area contributed by atoms with Gasteiger partial charge in [0.15, 0.2) is 0 Å². The summed E-state index contributed by atoms with van der Waals surface area (Å²) < 4.78 is 26.6. The van der Waals surface area contributed by atoms with Gasteiger partial charge < -0.3 is 24.6 Å². The van der Waals surface area contributed by atoms with Crippen molar-refractivity contribution in [2.45, 2.75) is 45.3 Å². The molecule has 0 spiro atoms. The molecule has 8 nitrogen and oxygen atoms in total. The average Bonchev–Trinajstić information content (AvgIpc) is 2.98. The fraction of sp³-hybridized carbons (Fsp3) is 0.344. The minimum atomic E-state index is -0.419. The van der Waals surface area contributed by atoms with Crippen LogP contribution in [0.3, 0.4) is 0 Å². The van der Waals surface area contributed by atoms with Crippen LogP contribution in [0.4, 0.5) is 21.7 Å². The molecule has 1 N–H and O–H groups in total. The topological polar surface area (TPSA) is 79.8 Å². The molecule has 2 aliphatic heterocycles. The second kappa shape index (κ2) is 11.7. The highest BCUT2D eigenvalue weighted by Crippen LogP contribution is 2.35. The zero-order chi connectivity index (χ0) is 28.3. The van der Waals surface area contributed by atoms with Crippen molar-refractivity contribution in [3.8, 4) is 11.6 Å². The van der Waals surface area contributed by atoms with Crippen LogP contribution in [0.1, 0.15) is 43.5 Å². The van der Waals surface area contributed by atoms with Gasteiger partial charge in [0.05, 0.1) is 12.2 Å². The maximum Gasteiger partial charge on any atom is 0.255 e. The van der Waals surface area contributed by atoms with E-state index in [1.165, 1.54) is 18.6 Å². The van der Waals surface area contributed by atoms with E-state index < -0.39 is 5.82 Å². The van der Waals surface area contributed by atoms with Crippen LogP contribution < -0.4 is 19.9 Å². The lowest BCUT2D eigenvalue weighted by Crippen LogP contribution is -2.46. The fourth-order valence-electron chi connectivity index (χ4n) is 5.70. The molecule has 1 amide bonds. The number of ether oxygens (including phenoxy) is 2. The summed E-state index contributed by atoms with van der Waals surface area (Å²) in [4.78, 5) is 26.7. The van der Waals surface area contributed by atoms with Crippen molar-refractivity contribution in [2.24, 2.45) is 0 Å². The van der Waals surface area contributed by atoms with E-state index in [1.54, 1.807) is 24.4 Å². The quantitative estimate of drug-likeness (QED) is 0.294. The number of nitrogens with one attached hydrogen (secondary N) is 1. The highest BCUT2D eigenvalue weighted by atomic mass is 19.1. The number of carbonyl (C=O) groups excluding carboxylic acids is 1. The Labute approximate surface area is 239 Å². The van der Waals surface area contributed by atoms with Crippen molar-refractivity contribution in [3.05, 3.63) is 78.2 Å². The first-order valence-corrected chi connectivity index (χ1v) is 14.2. The van der Waals surface area contributed by atoms with Crippen LogP contribution in [-0.4, -0.2) is 54.3 Å². The van der Waals surface area contributed by atoms with Crippen molar-refractivity contribution in [3.63, 3.8) is 0 Å². The summed E-state index contributed by atoms with van der Waals surface area (Å²) in [6, 6.07) is 17.6. The number of halogens is 1. The molecule has 0 saturated carbocycles. The summed E-state index contributed by atoms with van der Waals surface area (Å²) in [7, 11) is 0. The van der Waals surface area contributed by atoms with Crippen LogP contribution in [0.15, 0.2) is 66.9 Å². The molecule has 0 radical (unpaired) electrons. The van der Waals surface area contributed by atoms with Gasteiger partial charge in [-0.3, -0.25) is 4.79 Å². The second-order valence-corrected chi connectivity index (χ2v) is 10.8. The third-order valence-electron chi connectivity index (χ3n) is 7.53. The minimum absolute atomic E-state index is 0.0855. The normalized spacial score (nSPS) is 19.3. The van der Waals surface area contributed by atoms with E-state index in [2.05, 4.69) is 25.1 Å². The molecule has 2 atom stereocenters. The van der Waals surface area contributed by atoms with Gasteiger partial charge in [0.2, 0.25) is 11.8 Å². The van der Waals surface area contributed by atoms with Crippen LogP contribution in [-0.2, 0) is 4.74 Å². The molecule has 2 fully saturated rings. The Morgan fingerprint density at radius 2 is 1.71 bits per heavy atom. The monoisotopic (exact) mass is 555 g/mol. The first kappa shape index (κ1) is 27.0. The van der Waals surface area contributed by atoms with E-state index in [9.17, 15) is 9.18 Å². The van der Waals surface area contributed by atoms with E-state index in [1.807, 2.05) is 44.2 Å². The fourth-order valence-corrected chi connectivity index (χ4v) is 5.70. The lowest BCUT2D eigenvalue weighted by Gasteiger charge is -2.35. The SMILES string of the molecule is CC1CN(c2nccc(Oc3ccc(NC(=O)c4cc(F)cc(N5CCCCC5)c4)c4ccccc34)n2)C[C@@H](C)O1. The Bertz CT molecular complexity index is 1550. The minimum Gasteiger partial charge on any atom is -0.438 e. The zero-order valence-electron chi connectivity index (χ0n) is 23.3. The van der Waals surface area contributed by atoms with Gasteiger partial charge in [-0.25, -0.2) is 9.37 Å². The maximum atomic E-state index is 14.5. The smallest absolute Gasteiger partial charge is 0.255 e. The molecular weight excluding hydrogens is 521 g/mol. The first-order chi connectivity index (χ1) is 19.9. The molecule has 1 unspecified atom stereocenters. The Morgan fingerprint density at radius 1 is 0.951 bits per heavy atom. The van der Waals surface area contributed by atoms with Crippen molar-refractivity contribution in [2.75, 3.05) is 41.3 Å². The molecule has 9 heteroatoms. The summed E-state index contributed by atoms with van der Waals surface area (Å²) in [5.74, 6) is 0.837. The van der Waals surface area contributed by atoms with Gasteiger partial charge in [-0.05, 0) is 63.4 Å². The highest BCUT2D eigenvalue weighted by Gasteiger charge is 2.24. The van der Waals surface area contributed by atoms with E-state index in [0.717, 1.165) is 42.4 Å². The number of hydrogen-bond acceptors (Lipinski definition) is 7. The second-order valence-electron chi connectivity index (χ2n) is 10.8. The average molecular weight is 556 g/mol. The molecular formula is C32H34FN5O3. The van der Waals surface area contributed by atoms with Crippen molar-refractivity contribution >= 4 is 34.0 Å². The number of aromatic nitrogens is 2. The largest absolute Gasteiger partial charge is 0.438 e. The van der Waals surface area contributed by atoms with E-state index in [4.69, 9.17) is 9.47 Å². The zero-order valence-corrected chi connectivity index (χ0v) is 23.3. The predicted molar refractivity (Wildman–Crippen MR) is 159 cm³/mol. The Hall–Kier alpha value is -4.24. The number of morpholine rings is 1. The van der Waals surface area contributed by atoms with Crippen LogP contribution in [0.25, 0.3) is 10.8 Å². The molecule has 0 bridgehead atoms. The van der Waals surface area contributed by atoms with E-state index in [-0.39, 0.29) is 23.7 Å². The van der Waals surface area contributed by atoms with E-state index in [0.29, 0.717) is 36.4 Å². The summed E-state index contributed by atoms with van der Waals surface area (Å²) in [5, 5.41) is 4.60. The lowest BCUT2D eigenvalue weighted by atomic mass is 10.1. The third kappa shape index (κ3) is 6.10.